The van der Waals surface area contributed by atoms with Gasteiger partial charge in [-0.25, -0.2) is 0 Å². The standard InChI is InChI=1S/C11H14BrF/c1-8(2)11(7-13)9-4-3-5-10(12)6-9/h3-6,8,11H,7H2,1-2H3. The average molecular weight is 245 g/mol. The molecule has 0 aromatic heterocycles. The molecule has 0 aliphatic heterocycles. The van der Waals surface area contributed by atoms with E-state index >= 15 is 0 Å². The fourth-order valence-electron chi connectivity index (χ4n) is 1.39. The molecule has 0 saturated carbocycles. The Balaban J connectivity index is 2.91. The number of hydrogen-bond acceptors (Lipinski definition) is 0. The highest BCUT2D eigenvalue weighted by Gasteiger charge is 2.15. The lowest BCUT2D eigenvalue weighted by Gasteiger charge is -2.17. The van der Waals surface area contributed by atoms with Gasteiger partial charge in [0.25, 0.3) is 0 Å². The molecule has 1 aromatic rings. The first kappa shape index (κ1) is 10.7. The van der Waals surface area contributed by atoms with E-state index in [1.54, 1.807) is 0 Å². The molecule has 0 fully saturated rings. The molecule has 1 unspecified atom stereocenters. The quantitative estimate of drug-likeness (QED) is 0.750. The van der Waals surface area contributed by atoms with Gasteiger partial charge in [0, 0.05) is 10.4 Å². The van der Waals surface area contributed by atoms with Gasteiger partial charge in [-0.1, -0.05) is 41.9 Å². The van der Waals surface area contributed by atoms with Crippen molar-refractivity contribution in [2.24, 2.45) is 5.92 Å². The van der Waals surface area contributed by atoms with Crippen molar-refractivity contribution in [3.63, 3.8) is 0 Å². The Hall–Kier alpha value is -0.370. The smallest absolute Gasteiger partial charge is 0.0965 e. The molecular formula is C11H14BrF. The second-order valence-electron chi connectivity index (χ2n) is 3.56. The van der Waals surface area contributed by atoms with Gasteiger partial charge in [0.15, 0.2) is 0 Å². The maximum atomic E-state index is 12.7. The van der Waals surface area contributed by atoms with Crippen molar-refractivity contribution >= 4 is 15.9 Å². The molecular weight excluding hydrogens is 231 g/mol. The summed E-state index contributed by atoms with van der Waals surface area (Å²) in [4.78, 5) is 0. The zero-order valence-electron chi connectivity index (χ0n) is 7.93. The number of halogens is 2. The Labute approximate surface area is 87.3 Å². The third-order valence-corrected chi connectivity index (χ3v) is 2.74. The van der Waals surface area contributed by atoms with Gasteiger partial charge >= 0.3 is 0 Å². The van der Waals surface area contributed by atoms with Crippen LogP contribution in [0, 0.1) is 5.92 Å². The van der Waals surface area contributed by atoms with E-state index in [4.69, 9.17) is 0 Å². The van der Waals surface area contributed by atoms with E-state index in [-0.39, 0.29) is 12.6 Å². The SMILES string of the molecule is CC(C)C(CF)c1cccc(Br)c1. The highest BCUT2D eigenvalue weighted by Crippen LogP contribution is 2.26. The van der Waals surface area contributed by atoms with Crippen molar-refractivity contribution in [3.05, 3.63) is 34.3 Å². The summed E-state index contributed by atoms with van der Waals surface area (Å²) < 4.78 is 13.7. The molecule has 0 aliphatic rings. The molecule has 0 saturated heterocycles. The van der Waals surface area contributed by atoms with E-state index in [1.807, 2.05) is 38.1 Å². The Morgan fingerprint density at radius 1 is 1.38 bits per heavy atom. The van der Waals surface area contributed by atoms with Gasteiger partial charge in [0.2, 0.25) is 0 Å². The molecule has 0 bridgehead atoms. The summed E-state index contributed by atoms with van der Waals surface area (Å²) in [5, 5.41) is 0. The molecule has 13 heavy (non-hydrogen) atoms. The second-order valence-corrected chi connectivity index (χ2v) is 4.48. The fourth-order valence-corrected chi connectivity index (χ4v) is 1.81. The van der Waals surface area contributed by atoms with E-state index in [0.29, 0.717) is 5.92 Å². The summed E-state index contributed by atoms with van der Waals surface area (Å²) >= 11 is 3.39. The van der Waals surface area contributed by atoms with Crippen LogP contribution < -0.4 is 0 Å². The Kier molecular flexibility index (Phi) is 3.91. The minimum absolute atomic E-state index is 0.0255. The first-order valence-corrected chi connectivity index (χ1v) is 5.26. The summed E-state index contributed by atoms with van der Waals surface area (Å²) in [6.45, 7) is 3.81. The van der Waals surface area contributed by atoms with Crippen molar-refractivity contribution in [1.82, 2.24) is 0 Å². The average Bonchev–Trinajstić information content (AvgIpc) is 2.04. The minimum atomic E-state index is -0.284. The summed E-state index contributed by atoms with van der Waals surface area (Å²) in [6.07, 6.45) is 0. The number of alkyl halides is 1. The van der Waals surface area contributed by atoms with Crippen LogP contribution in [0.5, 0.6) is 0 Å². The van der Waals surface area contributed by atoms with Gasteiger partial charge in [-0.3, -0.25) is 4.39 Å². The predicted molar refractivity (Wildman–Crippen MR) is 57.7 cm³/mol. The summed E-state index contributed by atoms with van der Waals surface area (Å²) in [5.41, 5.74) is 1.08. The molecule has 2 heteroatoms. The molecule has 0 amide bonds. The number of rotatable bonds is 3. The lowest BCUT2D eigenvalue weighted by molar-refractivity contribution is 0.365. The minimum Gasteiger partial charge on any atom is -0.250 e. The van der Waals surface area contributed by atoms with E-state index in [9.17, 15) is 4.39 Å². The van der Waals surface area contributed by atoms with E-state index in [1.165, 1.54) is 0 Å². The zero-order valence-corrected chi connectivity index (χ0v) is 9.51. The fraction of sp³-hybridized carbons (Fsp3) is 0.455. The van der Waals surface area contributed by atoms with Crippen LogP contribution in [0.2, 0.25) is 0 Å². The van der Waals surface area contributed by atoms with Crippen molar-refractivity contribution in [2.45, 2.75) is 19.8 Å². The topological polar surface area (TPSA) is 0 Å². The van der Waals surface area contributed by atoms with Crippen molar-refractivity contribution in [3.8, 4) is 0 Å². The highest BCUT2D eigenvalue weighted by atomic mass is 79.9. The first-order chi connectivity index (χ1) is 6.15. The summed E-state index contributed by atoms with van der Waals surface area (Å²) in [6, 6.07) is 7.88. The first-order valence-electron chi connectivity index (χ1n) is 4.46. The molecule has 1 atom stereocenters. The van der Waals surface area contributed by atoms with Gasteiger partial charge in [-0.15, -0.1) is 0 Å². The Morgan fingerprint density at radius 3 is 2.54 bits per heavy atom. The van der Waals surface area contributed by atoms with Crippen LogP contribution in [0.4, 0.5) is 4.39 Å². The van der Waals surface area contributed by atoms with Gasteiger partial charge in [-0.2, -0.15) is 0 Å². The van der Waals surface area contributed by atoms with Gasteiger partial charge < -0.3 is 0 Å². The van der Waals surface area contributed by atoms with Gasteiger partial charge in [0.1, 0.15) is 0 Å². The van der Waals surface area contributed by atoms with Crippen molar-refractivity contribution < 1.29 is 4.39 Å². The Bertz CT molecular complexity index is 271. The molecule has 0 spiro atoms. The van der Waals surface area contributed by atoms with E-state index < -0.39 is 0 Å². The van der Waals surface area contributed by atoms with Crippen LogP contribution in [0.3, 0.4) is 0 Å². The Morgan fingerprint density at radius 2 is 2.08 bits per heavy atom. The maximum absolute atomic E-state index is 12.7. The van der Waals surface area contributed by atoms with E-state index in [2.05, 4.69) is 15.9 Å². The van der Waals surface area contributed by atoms with Crippen LogP contribution in [-0.4, -0.2) is 6.67 Å². The van der Waals surface area contributed by atoms with Crippen LogP contribution in [-0.2, 0) is 0 Å². The van der Waals surface area contributed by atoms with E-state index in [0.717, 1.165) is 10.0 Å². The number of hydrogen-bond donors (Lipinski definition) is 0. The molecule has 0 N–H and O–H groups in total. The predicted octanol–water partition coefficient (Wildman–Crippen LogP) is 4.16. The van der Waals surface area contributed by atoms with Crippen LogP contribution >= 0.6 is 15.9 Å². The van der Waals surface area contributed by atoms with Crippen LogP contribution in [0.25, 0.3) is 0 Å². The molecule has 1 rings (SSSR count). The monoisotopic (exact) mass is 244 g/mol. The summed E-state index contributed by atoms with van der Waals surface area (Å²) in [7, 11) is 0. The molecule has 0 aliphatic carbocycles. The zero-order chi connectivity index (χ0) is 9.84. The van der Waals surface area contributed by atoms with Crippen molar-refractivity contribution in [1.29, 1.82) is 0 Å². The maximum Gasteiger partial charge on any atom is 0.0965 e. The lowest BCUT2D eigenvalue weighted by atomic mass is 9.90. The lowest BCUT2D eigenvalue weighted by Crippen LogP contribution is -2.08. The van der Waals surface area contributed by atoms with Gasteiger partial charge in [0.05, 0.1) is 6.67 Å². The molecule has 1 aromatic carbocycles. The summed E-state index contributed by atoms with van der Waals surface area (Å²) in [5.74, 6) is 0.372. The highest BCUT2D eigenvalue weighted by molar-refractivity contribution is 9.10. The molecule has 0 nitrogen and oxygen atoms in total. The number of benzene rings is 1. The molecule has 0 heterocycles. The molecule has 0 radical (unpaired) electrons. The second kappa shape index (κ2) is 4.75. The third kappa shape index (κ3) is 2.80. The van der Waals surface area contributed by atoms with Crippen LogP contribution in [0.1, 0.15) is 25.3 Å². The van der Waals surface area contributed by atoms with Crippen LogP contribution in [0.15, 0.2) is 28.7 Å². The normalized spacial score (nSPS) is 13.3. The van der Waals surface area contributed by atoms with Crippen molar-refractivity contribution in [2.75, 3.05) is 6.67 Å². The molecule has 72 valence electrons. The third-order valence-electron chi connectivity index (χ3n) is 2.25. The van der Waals surface area contributed by atoms with Gasteiger partial charge in [-0.05, 0) is 23.6 Å². The largest absolute Gasteiger partial charge is 0.250 e.